The van der Waals surface area contributed by atoms with Crippen LogP contribution in [-0.2, 0) is 54.1 Å². The Morgan fingerprint density at radius 2 is 0.904 bits per heavy atom. The summed E-state index contributed by atoms with van der Waals surface area (Å²) in [7, 11) is 0. The van der Waals surface area contributed by atoms with Crippen LogP contribution in [0.25, 0.3) is 0 Å². The van der Waals surface area contributed by atoms with Crippen LogP contribution >= 0.6 is 11.3 Å². The molecular formula is C67H135N5O10S. The molecule has 3 aromatic heterocycles. The first kappa shape index (κ1) is 87.0. The van der Waals surface area contributed by atoms with Gasteiger partial charge in [0.1, 0.15) is 15.8 Å². The van der Waals surface area contributed by atoms with Crippen LogP contribution in [-0.4, -0.2) is 130 Å². The number of aromatic nitrogens is 5. The molecule has 0 unspecified atom stereocenters. The minimum atomic E-state index is -0.0265. The summed E-state index contributed by atoms with van der Waals surface area (Å²) >= 11 is 1.67. The molecule has 3 aromatic rings. The lowest BCUT2D eigenvalue weighted by Gasteiger charge is -2.33. The molecule has 6 saturated heterocycles. The standard InChI is InChI=1S/C9H18O.C8H13NO.C8H16O.C7H12N2O.C7H12N2S.2C5H10O2.2C5H10O.4C2H6/c1-9(2,3)8-4-6-10-7-5-8;1-6-5-7(10-9-6)8(2,3)4;1-8(2,3)7-5-4-6-9-7;2*1-5-8-9-6(10-5)7(2,3)4;2*1-5-4-6-2-3-7-5;2*1-5-2-3-6-4-5;4*1-2/h8H,4-7H2,1-3H3;5H,1-4H3;7H,4-6H2,1-3H3;2*1-4H3;2*5H,2-4H2,1H3;2*5H,2-4H2,1H3;4*1-2H3/t;;7-;;;4*5-;;;;/m..1..1010..../s1. The predicted molar refractivity (Wildman–Crippen MR) is 350 cm³/mol. The van der Waals surface area contributed by atoms with E-state index in [9.17, 15) is 0 Å². The number of hydrogen-bond acceptors (Lipinski definition) is 16. The van der Waals surface area contributed by atoms with Gasteiger partial charge in [-0.2, -0.15) is 0 Å². The molecule has 0 radical (unpaired) electrons. The maximum absolute atomic E-state index is 5.52. The van der Waals surface area contributed by atoms with Crippen LogP contribution in [0.4, 0.5) is 0 Å². The first-order chi connectivity index (χ1) is 38.8. The van der Waals surface area contributed by atoms with Crippen LogP contribution < -0.4 is 0 Å². The second-order valence-electron chi connectivity index (χ2n) is 25.9. The fourth-order valence-corrected chi connectivity index (χ4v) is 8.01. The summed E-state index contributed by atoms with van der Waals surface area (Å²) in [6.45, 7) is 74.2. The summed E-state index contributed by atoms with van der Waals surface area (Å²) in [4.78, 5) is 0. The predicted octanol–water partition coefficient (Wildman–Crippen LogP) is 17.8. The lowest BCUT2D eigenvalue weighted by Crippen LogP contribution is -2.27. The molecule has 494 valence electrons. The number of hydrogen-bond donors (Lipinski definition) is 0. The monoisotopic (exact) mass is 1200 g/mol. The van der Waals surface area contributed by atoms with Crippen LogP contribution in [0.5, 0.6) is 0 Å². The Balaban J connectivity index is -0.000000418. The van der Waals surface area contributed by atoms with E-state index < -0.39 is 0 Å². The van der Waals surface area contributed by atoms with Crippen molar-refractivity contribution in [2.75, 3.05) is 85.9 Å². The van der Waals surface area contributed by atoms with Gasteiger partial charge >= 0.3 is 0 Å². The molecule has 9 heterocycles. The third-order valence-electron chi connectivity index (χ3n) is 12.3. The molecule has 6 fully saturated rings. The van der Waals surface area contributed by atoms with Gasteiger partial charge in [0.25, 0.3) is 0 Å². The molecule has 16 heteroatoms. The van der Waals surface area contributed by atoms with Crippen molar-refractivity contribution in [3.63, 3.8) is 0 Å². The average molecular weight is 1200 g/mol. The van der Waals surface area contributed by atoms with E-state index in [1.807, 2.05) is 110 Å². The normalized spacial score (nSPS) is 21.1. The zero-order chi connectivity index (χ0) is 64.9. The second-order valence-corrected chi connectivity index (χ2v) is 27.1. The van der Waals surface area contributed by atoms with Crippen molar-refractivity contribution < 1.29 is 46.8 Å². The molecule has 5 atom stereocenters. The highest BCUT2D eigenvalue weighted by atomic mass is 32.1. The molecule has 83 heavy (non-hydrogen) atoms. The van der Waals surface area contributed by atoms with E-state index in [0.717, 1.165) is 125 Å². The van der Waals surface area contributed by atoms with E-state index >= 15 is 0 Å². The van der Waals surface area contributed by atoms with Gasteiger partial charge in [0.15, 0.2) is 0 Å². The highest BCUT2D eigenvalue weighted by Gasteiger charge is 2.28. The molecule has 0 spiro atoms. The molecule has 0 aliphatic carbocycles. The van der Waals surface area contributed by atoms with Crippen LogP contribution in [0.15, 0.2) is 15.0 Å². The highest BCUT2D eigenvalue weighted by Crippen LogP contribution is 2.33. The van der Waals surface area contributed by atoms with Crippen molar-refractivity contribution in [3.05, 3.63) is 39.3 Å². The van der Waals surface area contributed by atoms with E-state index in [2.05, 4.69) is 122 Å². The molecule has 6 aliphatic rings. The Morgan fingerprint density at radius 3 is 1.07 bits per heavy atom. The SMILES string of the molecule is CC.CC.CC.CC.CC(C)(C)C1CCOCC1.CC(C)(C)[C@H]1CCCO1.C[C@@H]1CCOC1.C[C@@H]1COCCO1.C[C@H]1CCOC1.C[C@H]1COCCO1.Cc1cc(C(C)(C)C)on1.Cc1nnc(C(C)(C)C)o1.Cc1nnc(C(C)(C)C)s1. The lowest BCUT2D eigenvalue weighted by atomic mass is 9.76. The first-order valence-corrected chi connectivity index (χ1v) is 32.9. The van der Waals surface area contributed by atoms with Gasteiger partial charge in [-0.05, 0) is 94.8 Å². The summed E-state index contributed by atoms with van der Waals surface area (Å²) in [6.07, 6.45) is 8.68. The average Bonchev–Trinajstić information content (AvgIpc) is 4.39. The summed E-state index contributed by atoms with van der Waals surface area (Å²) in [5.74, 6) is 4.80. The molecule has 0 N–H and O–H groups in total. The van der Waals surface area contributed by atoms with Gasteiger partial charge in [0.2, 0.25) is 11.8 Å². The number of rotatable bonds is 0. The molecule has 0 amide bonds. The molecular weight excluding hydrogens is 1070 g/mol. The third-order valence-corrected chi connectivity index (χ3v) is 13.6. The molecule has 9 rings (SSSR count). The van der Waals surface area contributed by atoms with Gasteiger partial charge in [-0.1, -0.05) is 178 Å². The fraction of sp³-hybridized carbons (Fsp3) is 0.896. The van der Waals surface area contributed by atoms with Crippen molar-refractivity contribution in [1.82, 2.24) is 25.6 Å². The molecule has 15 nitrogen and oxygen atoms in total. The van der Waals surface area contributed by atoms with Crippen molar-refractivity contribution in [3.8, 4) is 0 Å². The zero-order valence-electron chi connectivity index (χ0n) is 59.7. The van der Waals surface area contributed by atoms with E-state index in [-0.39, 0.29) is 16.2 Å². The van der Waals surface area contributed by atoms with Crippen LogP contribution in [0.2, 0.25) is 0 Å². The minimum Gasteiger partial charge on any atom is -0.425 e. The number of nitrogens with zero attached hydrogens (tertiary/aromatic N) is 5. The Hall–Kier alpha value is -2.41. The molecule has 0 saturated carbocycles. The zero-order valence-corrected chi connectivity index (χ0v) is 60.5. The smallest absolute Gasteiger partial charge is 0.221 e. The summed E-state index contributed by atoms with van der Waals surface area (Å²) in [5, 5.41) is 21.6. The minimum absolute atomic E-state index is 0.0265. The largest absolute Gasteiger partial charge is 0.425 e. The maximum atomic E-state index is 5.52. The topological polar surface area (TPSA) is 165 Å². The number of aryl methyl sites for hydroxylation is 3. The quantitative estimate of drug-likeness (QED) is 0.209. The highest BCUT2D eigenvalue weighted by molar-refractivity contribution is 7.11. The third kappa shape index (κ3) is 48.3. The van der Waals surface area contributed by atoms with E-state index in [4.69, 9.17) is 46.8 Å². The van der Waals surface area contributed by atoms with Gasteiger partial charge in [0, 0.05) is 75.5 Å². The van der Waals surface area contributed by atoms with Gasteiger partial charge in [-0.15, -0.1) is 31.7 Å². The lowest BCUT2D eigenvalue weighted by molar-refractivity contribution is -0.0797. The van der Waals surface area contributed by atoms with E-state index in [0.29, 0.717) is 40.9 Å². The summed E-state index contributed by atoms with van der Waals surface area (Å²) < 4.78 is 51.6. The molecule has 0 bridgehead atoms. The van der Waals surface area contributed by atoms with E-state index in [1.165, 1.54) is 38.5 Å². The molecule has 0 aromatic carbocycles. The maximum Gasteiger partial charge on any atom is 0.221 e. The Bertz CT molecular complexity index is 1670. The van der Waals surface area contributed by atoms with E-state index in [1.54, 1.807) is 18.3 Å². The first-order valence-electron chi connectivity index (χ1n) is 32.1. The Morgan fingerprint density at radius 1 is 0.446 bits per heavy atom. The Labute approximate surface area is 516 Å². The van der Waals surface area contributed by atoms with Gasteiger partial charge < -0.3 is 46.8 Å². The van der Waals surface area contributed by atoms with Crippen molar-refractivity contribution in [2.24, 2.45) is 28.6 Å². The number of ether oxygens (including phenoxy) is 8. The van der Waals surface area contributed by atoms with Crippen molar-refractivity contribution in [1.29, 1.82) is 0 Å². The van der Waals surface area contributed by atoms with Gasteiger partial charge in [-0.3, -0.25) is 0 Å². The van der Waals surface area contributed by atoms with Gasteiger partial charge in [0.05, 0.1) is 63.6 Å². The second kappa shape index (κ2) is 49.6. The fourth-order valence-electron chi connectivity index (χ4n) is 7.26. The summed E-state index contributed by atoms with van der Waals surface area (Å²) in [6, 6.07) is 1.97. The van der Waals surface area contributed by atoms with Crippen LogP contribution in [0.1, 0.15) is 259 Å². The molecule has 6 aliphatic heterocycles. The van der Waals surface area contributed by atoms with Crippen molar-refractivity contribution in [2.45, 2.75) is 281 Å². The van der Waals surface area contributed by atoms with Gasteiger partial charge in [-0.25, -0.2) is 0 Å². The van der Waals surface area contributed by atoms with Crippen LogP contribution in [0, 0.1) is 49.4 Å². The Kier molecular flexibility index (Phi) is 52.0. The summed E-state index contributed by atoms with van der Waals surface area (Å²) in [5.41, 5.74) is 2.01. The van der Waals surface area contributed by atoms with Crippen molar-refractivity contribution >= 4 is 11.3 Å². The van der Waals surface area contributed by atoms with Crippen LogP contribution in [0.3, 0.4) is 0 Å².